The van der Waals surface area contributed by atoms with Crippen molar-refractivity contribution in [3.8, 4) is 0 Å². The highest BCUT2D eigenvalue weighted by molar-refractivity contribution is 7.90. The fourth-order valence-electron chi connectivity index (χ4n) is 2.11. The summed E-state index contributed by atoms with van der Waals surface area (Å²) in [4.78, 5) is 2.76. The van der Waals surface area contributed by atoms with Crippen molar-refractivity contribution >= 4 is 27.0 Å². The molecule has 0 aliphatic carbocycles. The Morgan fingerprint density at radius 1 is 1.50 bits per heavy atom. The van der Waals surface area contributed by atoms with Crippen molar-refractivity contribution in [1.29, 1.82) is 0 Å². The van der Waals surface area contributed by atoms with Crippen LogP contribution in [0.1, 0.15) is 25.7 Å². The largest absolute Gasteiger partial charge is 0.392 e. The molecule has 94 valence electrons. The van der Waals surface area contributed by atoms with Gasteiger partial charge in [-0.25, -0.2) is 8.42 Å². The van der Waals surface area contributed by atoms with E-state index in [-0.39, 0.29) is 11.8 Å². The van der Waals surface area contributed by atoms with Gasteiger partial charge in [0.15, 0.2) is 0 Å². The van der Waals surface area contributed by atoms with Gasteiger partial charge >= 0.3 is 0 Å². The average Bonchev–Trinajstić information content (AvgIpc) is 2.16. The van der Waals surface area contributed by atoms with E-state index in [1.807, 2.05) is 0 Å². The lowest BCUT2D eigenvalue weighted by Gasteiger charge is -2.34. The number of nitrogens with two attached hydrogens (primary N) is 1. The fourth-order valence-corrected chi connectivity index (χ4v) is 3.03. The standard InChI is InChI=1S/C10H20N2O2S2/c1-16(13,14)8-4-7-12-6-3-2-5-9(12)10(11)15/h9H,2-8H2,1H3,(H2,11,15). The SMILES string of the molecule is CS(=O)(=O)CCCN1CCCCC1C(N)=S. The molecule has 0 amide bonds. The lowest BCUT2D eigenvalue weighted by molar-refractivity contribution is 0.193. The van der Waals surface area contributed by atoms with Crippen molar-refractivity contribution in [2.24, 2.45) is 5.73 Å². The van der Waals surface area contributed by atoms with Gasteiger partial charge in [0.2, 0.25) is 0 Å². The first kappa shape index (κ1) is 13.9. The molecule has 4 nitrogen and oxygen atoms in total. The monoisotopic (exact) mass is 264 g/mol. The fraction of sp³-hybridized carbons (Fsp3) is 0.900. The Kier molecular flexibility index (Phi) is 5.14. The van der Waals surface area contributed by atoms with Crippen LogP contribution >= 0.6 is 12.2 Å². The normalized spacial score (nSPS) is 23.2. The highest BCUT2D eigenvalue weighted by atomic mass is 32.2. The number of piperidine rings is 1. The van der Waals surface area contributed by atoms with Gasteiger partial charge in [-0.05, 0) is 32.4 Å². The molecule has 0 aromatic rings. The summed E-state index contributed by atoms with van der Waals surface area (Å²) in [6, 6.07) is 0.170. The van der Waals surface area contributed by atoms with Gasteiger partial charge in [0.05, 0.1) is 16.8 Å². The second-order valence-corrected chi connectivity index (χ2v) is 7.16. The maximum atomic E-state index is 11.0. The van der Waals surface area contributed by atoms with Gasteiger partial charge in [0, 0.05) is 6.26 Å². The lowest BCUT2D eigenvalue weighted by atomic mass is 10.0. The molecule has 1 atom stereocenters. The quantitative estimate of drug-likeness (QED) is 0.735. The molecule has 1 fully saturated rings. The molecule has 6 heteroatoms. The van der Waals surface area contributed by atoms with E-state index in [1.165, 1.54) is 6.26 Å². The van der Waals surface area contributed by atoms with Crippen LogP contribution < -0.4 is 5.73 Å². The van der Waals surface area contributed by atoms with Crippen LogP contribution in [0.2, 0.25) is 0 Å². The molecule has 1 aliphatic heterocycles. The van der Waals surface area contributed by atoms with Crippen molar-refractivity contribution in [2.45, 2.75) is 31.7 Å². The molecule has 2 N–H and O–H groups in total. The molecule has 16 heavy (non-hydrogen) atoms. The number of likely N-dealkylation sites (tertiary alicyclic amines) is 1. The molecule has 1 saturated heterocycles. The van der Waals surface area contributed by atoms with Crippen LogP contribution in [0.15, 0.2) is 0 Å². The smallest absolute Gasteiger partial charge is 0.147 e. The summed E-state index contributed by atoms with van der Waals surface area (Å²) in [5.74, 6) is 0.244. The number of thiocarbonyl (C=S) groups is 1. The van der Waals surface area contributed by atoms with Gasteiger partial charge in [-0.2, -0.15) is 0 Å². The van der Waals surface area contributed by atoms with E-state index >= 15 is 0 Å². The maximum Gasteiger partial charge on any atom is 0.147 e. The van der Waals surface area contributed by atoms with E-state index in [1.54, 1.807) is 0 Å². The second kappa shape index (κ2) is 5.93. The van der Waals surface area contributed by atoms with E-state index in [4.69, 9.17) is 18.0 Å². The zero-order chi connectivity index (χ0) is 12.2. The Morgan fingerprint density at radius 3 is 2.75 bits per heavy atom. The van der Waals surface area contributed by atoms with Gasteiger partial charge < -0.3 is 5.73 Å². The summed E-state index contributed by atoms with van der Waals surface area (Å²) in [5, 5.41) is 0. The van der Waals surface area contributed by atoms with E-state index in [0.717, 1.165) is 32.4 Å². The van der Waals surface area contributed by atoms with Crippen LogP contribution in [-0.2, 0) is 9.84 Å². The minimum absolute atomic E-state index is 0.170. The number of hydrogen-bond donors (Lipinski definition) is 1. The zero-order valence-corrected chi connectivity index (χ0v) is 11.3. The summed E-state index contributed by atoms with van der Waals surface area (Å²) >= 11 is 5.03. The van der Waals surface area contributed by atoms with Crippen LogP contribution in [0.3, 0.4) is 0 Å². The Morgan fingerprint density at radius 2 is 2.19 bits per heavy atom. The first-order valence-corrected chi connectivity index (χ1v) is 8.08. The summed E-state index contributed by atoms with van der Waals surface area (Å²) in [5.41, 5.74) is 5.69. The lowest BCUT2D eigenvalue weighted by Crippen LogP contribution is -2.47. The van der Waals surface area contributed by atoms with Crippen LogP contribution in [0.4, 0.5) is 0 Å². The summed E-state index contributed by atoms with van der Waals surface area (Å²) < 4.78 is 22.0. The minimum atomic E-state index is -2.85. The Labute approximate surface area is 103 Å². The van der Waals surface area contributed by atoms with Crippen molar-refractivity contribution in [1.82, 2.24) is 4.90 Å². The summed E-state index contributed by atoms with van der Waals surface area (Å²) in [6.07, 6.45) is 5.25. The molecule has 0 saturated carbocycles. The van der Waals surface area contributed by atoms with Crippen molar-refractivity contribution in [3.63, 3.8) is 0 Å². The predicted molar refractivity (Wildman–Crippen MR) is 70.3 cm³/mol. The van der Waals surface area contributed by atoms with Gasteiger partial charge in [0.25, 0.3) is 0 Å². The molecular weight excluding hydrogens is 244 g/mol. The Balaban J connectivity index is 2.41. The van der Waals surface area contributed by atoms with E-state index in [0.29, 0.717) is 11.4 Å². The molecule has 1 heterocycles. The van der Waals surface area contributed by atoms with E-state index in [2.05, 4.69) is 4.90 Å². The van der Waals surface area contributed by atoms with E-state index in [9.17, 15) is 8.42 Å². The third-order valence-electron chi connectivity index (χ3n) is 2.90. The number of nitrogens with zero attached hydrogens (tertiary/aromatic N) is 1. The molecule has 1 unspecified atom stereocenters. The maximum absolute atomic E-state index is 11.0. The highest BCUT2D eigenvalue weighted by Crippen LogP contribution is 2.17. The van der Waals surface area contributed by atoms with Gasteiger partial charge in [-0.3, -0.25) is 4.90 Å². The van der Waals surface area contributed by atoms with Gasteiger partial charge in [-0.15, -0.1) is 0 Å². The Hall–Kier alpha value is -0.200. The molecule has 0 aromatic heterocycles. The third-order valence-corrected chi connectivity index (χ3v) is 4.20. The number of rotatable bonds is 5. The van der Waals surface area contributed by atoms with Gasteiger partial charge in [0.1, 0.15) is 9.84 Å². The Bertz CT molecular complexity index is 341. The van der Waals surface area contributed by atoms with Crippen molar-refractivity contribution < 1.29 is 8.42 Å². The third kappa shape index (κ3) is 4.76. The highest BCUT2D eigenvalue weighted by Gasteiger charge is 2.24. The van der Waals surface area contributed by atoms with E-state index < -0.39 is 9.84 Å². The molecule has 0 aromatic carbocycles. The molecule has 1 aliphatic rings. The summed E-state index contributed by atoms with van der Waals surface area (Å²) in [7, 11) is -2.85. The van der Waals surface area contributed by atoms with Crippen LogP contribution in [-0.4, -0.2) is 49.4 Å². The topological polar surface area (TPSA) is 63.4 Å². The first-order valence-electron chi connectivity index (χ1n) is 5.61. The number of hydrogen-bond acceptors (Lipinski definition) is 4. The average molecular weight is 264 g/mol. The van der Waals surface area contributed by atoms with Gasteiger partial charge in [-0.1, -0.05) is 18.6 Å². The number of sulfone groups is 1. The van der Waals surface area contributed by atoms with Crippen molar-refractivity contribution in [2.75, 3.05) is 25.1 Å². The molecule has 0 radical (unpaired) electrons. The molecular formula is C10H20N2O2S2. The van der Waals surface area contributed by atoms with Crippen LogP contribution in [0.5, 0.6) is 0 Å². The molecule has 0 spiro atoms. The minimum Gasteiger partial charge on any atom is -0.392 e. The second-order valence-electron chi connectivity index (χ2n) is 4.43. The zero-order valence-electron chi connectivity index (χ0n) is 9.68. The molecule has 1 rings (SSSR count). The van der Waals surface area contributed by atoms with Crippen molar-refractivity contribution in [3.05, 3.63) is 0 Å². The predicted octanol–water partition coefficient (Wildman–Crippen LogP) is 0.562. The first-order chi connectivity index (χ1) is 7.40. The molecule has 0 bridgehead atoms. The summed E-state index contributed by atoms with van der Waals surface area (Å²) in [6.45, 7) is 1.75. The van der Waals surface area contributed by atoms with Crippen LogP contribution in [0.25, 0.3) is 0 Å². The van der Waals surface area contributed by atoms with Crippen LogP contribution in [0, 0.1) is 0 Å².